The van der Waals surface area contributed by atoms with E-state index in [1.807, 2.05) is 13.8 Å². The van der Waals surface area contributed by atoms with E-state index in [2.05, 4.69) is 14.7 Å². The highest BCUT2D eigenvalue weighted by Crippen LogP contribution is 2.31. The van der Waals surface area contributed by atoms with Crippen molar-refractivity contribution < 1.29 is 17.9 Å². The number of aliphatic hydroxyl groups is 1. The van der Waals surface area contributed by atoms with Crippen molar-refractivity contribution in [1.29, 1.82) is 0 Å². The molecule has 31 heavy (non-hydrogen) atoms. The molecule has 0 bridgehead atoms. The first-order valence-corrected chi connectivity index (χ1v) is 11.3. The molecule has 0 spiro atoms. The highest BCUT2D eigenvalue weighted by molar-refractivity contribution is 7.89. The minimum Gasteiger partial charge on any atom is -0.395 e. The summed E-state index contributed by atoms with van der Waals surface area (Å²) in [6.45, 7) is 3.47. The number of nitrogens with one attached hydrogen (secondary N) is 1. The van der Waals surface area contributed by atoms with Crippen molar-refractivity contribution in [1.82, 2.24) is 14.7 Å². The molecule has 0 saturated carbocycles. The first-order valence-electron chi connectivity index (χ1n) is 9.86. The van der Waals surface area contributed by atoms with Crippen LogP contribution in [-0.2, 0) is 10.0 Å². The molecule has 0 fully saturated rings. The number of halogens is 1. The molecular weight excluding hydrogens is 419 g/mol. The number of hydrogen-bond donors (Lipinski definition) is 3. The van der Waals surface area contributed by atoms with Crippen molar-refractivity contribution in [2.45, 2.75) is 31.2 Å². The predicted octanol–water partition coefficient (Wildman–Crippen LogP) is 3.22. The first kappa shape index (κ1) is 22.8. The number of nitrogen functional groups attached to an aromatic ring is 1. The molecule has 0 saturated heterocycles. The summed E-state index contributed by atoms with van der Waals surface area (Å²) in [6, 6.07) is 10.2. The highest BCUT2D eigenvalue weighted by Gasteiger charge is 2.25. The van der Waals surface area contributed by atoms with Gasteiger partial charge in [0.1, 0.15) is 11.6 Å². The second-order valence-electron chi connectivity index (χ2n) is 7.31. The fourth-order valence-corrected chi connectivity index (χ4v) is 4.75. The Kier molecular flexibility index (Phi) is 6.99. The zero-order valence-corrected chi connectivity index (χ0v) is 18.1. The molecule has 0 aliphatic heterocycles. The van der Waals surface area contributed by atoms with Crippen molar-refractivity contribution in [3.8, 4) is 22.4 Å². The fraction of sp³-hybridized carbons (Fsp3) is 0.273. The van der Waals surface area contributed by atoms with Gasteiger partial charge in [0.2, 0.25) is 10.0 Å². The lowest BCUT2D eigenvalue weighted by molar-refractivity contribution is 0.219. The summed E-state index contributed by atoms with van der Waals surface area (Å²) in [5.74, 6) is -0.389. The van der Waals surface area contributed by atoms with Gasteiger partial charge in [-0.25, -0.2) is 22.5 Å². The Morgan fingerprint density at radius 3 is 2.48 bits per heavy atom. The van der Waals surface area contributed by atoms with Crippen LogP contribution in [0.15, 0.2) is 59.8 Å². The van der Waals surface area contributed by atoms with Gasteiger partial charge in [0.05, 0.1) is 29.6 Å². The molecular formula is C22H25FN4O3S. The molecule has 2 atom stereocenters. The van der Waals surface area contributed by atoms with Gasteiger partial charge in [-0.2, -0.15) is 0 Å². The molecule has 164 valence electrons. The van der Waals surface area contributed by atoms with Gasteiger partial charge in [0, 0.05) is 17.2 Å². The number of anilines is 1. The van der Waals surface area contributed by atoms with Crippen LogP contribution in [0, 0.1) is 11.7 Å². The fourth-order valence-electron chi connectivity index (χ4n) is 3.19. The van der Waals surface area contributed by atoms with Gasteiger partial charge in [-0.1, -0.05) is 44.5 Å². The average molecular weight is 445 g/mol. The van der Waals surface area contributed by atoms with Crippen molar-refractivity contribution in [3.63, 3.8) is 0 Å². The van der Waals surface area contributed by atoms with Crippen molar-refractivity contribution in [3.05, 3.63) is 60.7 Å². The van der Waals surface area contributed by atoms with Crippen molar-refractivity contribution in [2.24, 2.45) is 5.92 Å². The lowest BCUT2D eigenvalue weighted by Gasteiger charge is -2.23. The topological polar surface area (TPSA) is 118 Å². The molecule has 3 rings (SSSR count). The molecule has 2 unspecified atom stereocenters. The Morgan fingerprint density at radius 2 is 1.87 bits per heavy atom. The molecule has 1 heterocycles. The van der Waals surface area contributed by atoms with Crippen LogP contribution in [0.3, 0.4) is 0 Å². The van der Waals surface area contributed by atoms with E-state index < -0.39 is 21.9 Å². The third kappa shape index (κ3) is 5.07. The summed E-state index contributed by atoms with van der Waals surface area (Å²) < 4.78 is 43.6. The SMILES string of the molecule is CCC(C)C(CO)NS(=O)(=O)c1ccccc1-c1ccc(-c2cnc(N)cn2)c(F)c1. The van der Waals surface area contributed by atoms with Gasteiger partial charge >= 0.3 is 0 Å². The molecule has 2 aromatic carbocycles. The van der Waals surface area contributed by atoms with E-state index in [9.17, 15) is 17.9 Å². The third-order valence-corrected chi connectivity index (χ3v) is 6.79. The summed E-state index contributed by atoms with van der Waals surface area (Å²) in [7, 11) is -3.95. The predicted molar refractivity (Wildman–Crippen MR) is 118 cm³/mol. The average Bonchev–Trinajstić information content (AvgIpc) is 2.77. The molecule has 9 heteroatoms. The lowest BCUT2D eigenvalue weighted by Crippen LogP contribution is -2.41. The summed E-state index contributed by atoms with van der Waals surface area (Å²) >= 11 is 0. The molecule has 1 aromatic heterocycles. The van der Waals surface area contributed by atoms with Crippen LogP contribution in [0.1, 0.15) is 20.3 Å². The number of benzene rings is 2. The van der Waals surface area contributed by atoms with Crippen LogP contribution in [0.5, 0.6) is 0 Å². The van der Waals surface area contributed by atoms with Crippen LogP contribution in [0.25, 0.3) is 22.4 Å². The summed E-state index contributed by atoms with van der Waals surface area (Å²) in [4.78, 5) is 8.01. The number of hydrogen-bond acceptors (Lipinski definition) is 6. The Labute approximate surface area is 181 Å². The second-order valence-corrected chi connectivity index (χ2v) is 9.00. The Hall–Kier alpha value is -2.88. The smallest absolute Gasteiger partial charge is 0.241 e. The zero-order chi connectivity index (χ0) is 22.6. The minimum absolute atomic E-state index is 0.0104. The van der Waals surface area contributed by atoms with E-state index in [-0.39, 0.29) is 28.8 Å². The van der Waals surface area contributed by atoms with Gasteiger partial charge in [0.25, 0.3) is 0 Å². The van der Waals surface area contributed by atoms with E-state index in [0.29, 0.717) is 23.2 Å². The molecule has 4 N–H and O–H groups in total. The maximum Gasteiger partial charge on any atom is 0.241 e. The van der Waals surface area contributed by atoms with Gasteiger partial charge in [-0.15, -0.1) is 0 Å². The molecule has 0 aliphatic carbocycles. The number of rotatable bonds is 8. The third-order valence-electron chi connectivity index (χ3n) is 5.24. The van der Waals surface area contributed by atoms with Crippen LogP contribution in [-0.4, -0.2) is 36.1 Å². The van der Waals surface area contributed by atoms with Gasteiger partial charge < -0.3 is 10.8 Å². The van der Waals surface area contributed by atoms with E-state index in [1.54, 1.807) is 24.3 Å². The van der Waals surface area contributed by atoms with Crippen molar-refractivity contribution >= 4 is 15.8 Å². The minimum atomic E-state index is -3.95. The summed E-state index contributed by atoms with van der Waals surface area (Å²) in [6.07, 6.45) is 3.42. The zero-order valence-electron chi connectivity index (χ0n) is 17.3. The molecule has 3 aromatic rings. The Balaban J connectivity index is 2.00. The number of nitrogens with zero attached hydrogens (tertiary/aromatic N) is 2. The molecule has 0 radical (unpaired) electrons. The van der Waals surface area contributed by atoms with Crippen LogP contribution in [0.4, 0.5) is 10.2 Å². The van der Waals surface area contributed by atoms with E-state index >= 15 is 0 Å². The molecule has 7 nitrogen and oxygen atoms in total. The molecule has 0 aliphatic rings. The largest absolute Gasteiger partial charge is 0.395 e. The maximum atomic E-state index is 14.9. The standard InChI is InChI=1S/C22H25FN4O3S/c1-3-14(2)20(13-28)27-31(29,30)21-7-5-4-6-16(21)15-8-9-17(18(23)10-15)19-11-26-22(24)12-25-19/h4-12,14,20,27-28H,3,13H2,1-2H3,(H2,24,26). The van der Waals surface area contributed by atoms with Crippen LogP contribution < -0.4 is 10.5 Å². The highest BCUT2D eigenvalue weighted by atomic mass is 32.2. The number of nitrogens with two attached hydrogens (primary N) is 1. The van der Waals surface area contributed by atoms with E-state index in [0.717, 1.165) is 0 Å². The monoisotopic (exact) mass is 444 g/mol. The Morgan fingerprint density at radius 1 is 1.13 bits per heavy atom. The Bertz CT molecular complexity index is 1150. The first-order chi connectivity index (χ1) is 14.8. The van der Waals surface area contributed by atoms with Gasteiger partial charge in [0.15, 0.2) is 0 Å². The van der Waals surface area contributed by atoms with E-state index in [4.69, 9.17) is 5.73 Å². The summed E-state index contributed by atoms with van der Waals surface area (Å²) in [5, 5.41) is 9.62. The number of aromatic nitrogens is 2. The van der Waals surface area contributed by atoms with Crippen molar-refractivity contribution in [2.75, 3.05) is 12.3 Å². The second kappa shape index (κ2) is 9.51. The normalized spacial score (nSPS) is 13.7. The van der Waals surface area contributed by atoms with Crippen LogP contribution >= 0.6 is 0 Å². The quantitative estimate of drug-likeness (QED) is 0.491. The molecule has 0 amide bonds. The van der Waals surface area contributed by atoms with E-state index in [1.165, 1.54) is 30.6 Å². The van der Waals surface area contributed by atoms with Gasteiger partial charge in [-0.3, -0.25) is 4.98 Å². The summed E-state index contributed by atoms with van der Waals surface area (Å²) in [5.41, 5.74) is 6.82. The lowest BCUT2D eigenvalue weighted by atomic mass is 10.0. The van der Waals surface area contributed by atoms with Gasteiger partial charge in [-0.05, 0) is 29.7 Å². The number of aliphatic hydroxyl groups excluding tert-OH is 1. The maximum absolute atomic E-state index is 14.9. The number of sulfonamides is 1. The van der Waals surface area contributed by atoms with Crippen LogP contribution in [0.2, 0.25) is 0 Å².